The number of aliphatic carboxylic acids is 1. The number of rotatable bonds is 4. The summed E-state index contributed by atoms with van der Waals surface area (Å²) < 4.78 is 0. The zero-order valence-corrected chi connectivity index (χ0v) is 14.7. The molecule has 1 N–H and O–H groups in total. The highest BCUT2D eigenvalue weighted by molar-refractivity contribution is 7.80. The van der Waals surface area contributed by atoms with Gasteiger partial charge >= 0.3 is 5.97 Å². The zero-order chi connectivity index (χ0) is 18.0. The van der Waals surface area contributed by atoms with Gasteiger partial charge in [-0.1, -0.05) is 18.2 Å². The van der Waals surface area contributed by atoms with E-state index in [2.05, 4.69) is 4.90 Å². The number of carbonyl (C=O) groups excluding carboxylic acids is 1. The molecule has 1 aromatic carbocycles. The lowest BCUT2D eigenvalue weighted by Crippen LogP contribution is -2.35. The van der Waals surface area contributed by atoms with Gasteiger partial charge in [-0.15, -0.1) is 0 Å². The van der Waals surface area contributed by atoms with Gasteiger partial charge in [-0.05, 0) is 49.3 Å². The van der Waals surface area contributed by atoms with Crippen LogP contribution in [0.1, 0.15) is 12.8 Å². The lowest BCUT2D eigenvalue weighted by Gasteiger charge is -2.18. The molecule has 6 nitrogen and oxygen atoms in total. The van der Waals surface area contributed by atoms with E-state index in [1.54, 1.807) is 18.2 Å². The lowest BCUT2D eigenvalue weighted by molar-refractivity contribution is -0.137. The fourth-order valence-electron chi connectivity index (χ4n) is 3.01. The topological polar surface area (TPSA) is 64.1 Å². The number of carboxylic acids is 1. The van der Waals surface area contributed by atoms with E-state index in [1.807, 2.05) is 31.3 Å². The van der Waals surface area contributed by atoms with Crippen LogP contribution in [0.25, 0.3) is 0 Å². The molecule has 0 unspecified atom stereocenters. The Morgan fingerprint density at radius 2 is 2.00 bits per heavy atom. The number of amides is 1. The minimum atomic E-state index is -1.04. The van der Waals surface area contributed by atoms with Crippen molar-refractivity contribution in [3.05, 3.63) is 53.9 Å². The number of allylic oxidation sites excluding steroid dienone is 3. The van der Waals surface area contributed by atoms with Crippen LogP contribution in [0, 0.1) is 0 Å². The molecule has 7 heteroatoms. The van der Waals surface area contributed by atoms with Crippen molar-refractivity contribution in [2.45, 2.75) is 12.8 Å². The van der Waals surface area contributed by atoms with Crippen LogP contribution in [0.4, 0.5) is 5.69 Å². The Hall–Kier alpha value is -2.67. The zero-order valence-electron chi connectivity index (χ0n) is 13.9. The van der Waals surface area contributed by atoms with Crippen molar-refractivity contribution in [2.24, 2.45) is 0 Å². The number of para-hydroxylation sites is 1. The second-order valence-electron chi connectivity index (χ2n) is 5.97. The van der Waals surface area contributed by atoms with Crippen LogP contribution in [-0.2, 0) is 9.59 Å². The molecule has 0 aliphatic carbocycles. The Kier molecular flexibility index (Phi) is 4.85. The van der Waals surface area contributed by atoms with Gasteiger partial charge in [-0.3, -0.25) is 14.5 Å². The number of nitrogens with zero attached hydrogens (tertiary/aromatic N) is 3. The van der Waals surface area contributed by atoms with Crippen molar-refractivity contribution in [3.8, 4) is 0 Å². The minimum Gasteiger partial charge on any atom is -0.480 e. The van der Waals surface area contributed by atoms with E-state index in [-0.39, 0.29) is 23.3 Å². The van der Waals surface area contributed by atoms with Gasteiger partial charge in [0.05, 0.1) is 5.69 Å². The second kappa shape index (κ2) is 7.06. The van der Waals surface area contributed by atoms with E-state index in [9.17, 15) is 14.7 Å². The summed E-state index contributed by atoms with van der Waals surface area (Å²) >= 11 is 5.38. The van der Waals surface area contributed by atoms with Crippen LogP contribution in [0.2, 0.25) is 0 Å². The molecule has 3 rings (SSSR count). The number of benzene rings is 1. The molecule has 130 valence electrons. The number of likely N-dealkylation sites (tertiary alicyclic amines) is 1. The smallest absolute Gasteiger partial charge is 0.323 e. The predicted octanol–water partition coefficient (Wildman–Crippen LogP) is 2.20. The summed E-state index contributed by atoms with van der Waals surface area (Å²) in [5, 5.41) is 9.38. The molecule has 25 heavy (non-hydrogen) atoms. The molecule has 2 aliphatic heterocycles. The fourth-order valence-corrected chi connectivity index (χ4v) is 3.36. The summed E-state index contributed by atoms with van der Waals surface area (Å²) in [6, 6.07) is 9.01. The predicted molar refractivity (Wildman–Crippen MR) is 98.9 cm³/mol. The highest BCUT2D eigenvalue weighted by Gasteiger charge is 2.39. The molecule has 0 saturated carbocycles. The van der Waals surface area contributed by atoms with Gasteiger partial charge in [-0.2, -0.15) is 0 Å². The van der Waals surface area contributed by atoms with Gasteiger partial charge in [0.1, 0.15) is 12.2 Å². The summed E-state index contributed by atoms with van der Waals surface area (Å²) in [7, 11) is 2.00. The molecule has 2 fully saturated rings. The van der Waals surface area contributed by atoms with Gasteiger partial charge in [0.2, 0.25) is 0 Å². The Balaban J connectivity index is 1.98. The quantitative estimate of drug-likeness (QED) is 0.658. The van der Waals surface area contributed by atoms with Crippen LogP contribution in [0.15, 0.2) is 53.9 Å². The van der Waals surface area contributed by atoms with Crippen molar-refractivity contribution < 1.29 is 14.7 Å². The van der Waals surface area contributed by atoms with Crippen LogP contribution >= 0.6 is 12.2 Å². The van der Waals surface area contributed by atoms with Gasteiger partial charge < -0.3 is 14.9 Å². The van der Waals surface area contributed by atoms with Crippen LogP contribution < -0.4 is 4.90 Å². The van der Waals surface area contributed by atoms with E-state index in [0.717, 1.165) is 25.1 Å². The highest BCUT2D eigenvalue weighted by atomic mass is 32.1. The third kappa shape index (κ3) is 3.41. The molecule has 0 bridgehead atoms. The van der Waals surface area contributed by atoms with Crippen molar-refractivity contribution >= 4 is 34.9 Å². The van der Waals surface area contributed by atoms with E-state index in [4.69, 9.17) is 12.2 Å². The normalized spacial score (nSPS) is 21.1. The molecule has 0 spiro atoms. The number of hydrogen-bond donors (Lipinski definition) is 1. The first-order chi connectivity index (χ1) is 12.0. The standard InChI is InChI=1S/C18H19N3O3S/c1-19-11-5-8-13(19)9-10-15-17(24)21(14-6-3-2-4-7-14)18(25)20(15)12-16(22)23/h2-4,6-7,9-10H,5,8,11-12H2,1H3,(H,22,23). The lowest BCUT2D eigenvalue weighted by atomic mass is 10.2. The SMILES string of the molecule is CN1CCCC1=CC=C1C(=O)N(c2ccccc2)C(=S)N1CC(=O)O. The first-order valence-corrected chi connectivity index (χ1v) is 8.44. The molecule has 0 atom stereocenters. The van der Waals surface area contributed by atoms with Crippen LogP contribution in [0.3, 0.4) is 0 Å². The van der Waals surface area contributed by atoms with Crippen LogP contribution in [-0.4, -0.2) is 52.0 Å². The number of carbonyl (C=O) groups is 2. The molecule has 1 aromatic rings. The summed E-state index contributed by atoms with van der Waals surface area (Å²) in [5.74, 6) is -1.35. The van der Waals surface area contributed by atoms with Crippen molar-refractivity contribution in [1.29, 1.82) is 0 Å². The average molecular weight is 357 g/mol. The molecule has 2 heterocycles. The third-order valence-corrected chi connectivity index (χ3v) is 4.70. The summed E-state index contributed by atoms with van der Waals surface area (Å²) in [4.78, 5) is 29.0. The third-order valence-electron chi connectivity index (χ3n) is 4.29. The van der Waals surface area contributed by atoms with Gasteiger partial charge in [-0.25, -0.2) is 0 Å². The molecule has 1 amide bonds. The van der Waals surface area contributed by atoms with E-state index < -0.39 is 5.97 Å². The summed E-state index contributed by atoms with van der Waals surface area (Å²) in [5.41, 5.74) is 2.03. The maximum atomic E-state index is 12.9. The highest BCUT2D eigenvalue weighted by Crippen LogP contribution is 2.28. The summed E-state index contributed by atoms with van der Waals surface area (Å²) in [6.45, 7) is 0.634. The Morgan fingerprint density at radius 3 is 2.60 bits per heavy atom. The second-order valence-corrected chi connectivity index (χ2v) is 6.34. The molecule has 0 aromatic heterocycles. The van der Waals surface area contributed by atoms with Gasteiger partial charge in [0.25, 0.3) is 5.91 Å². The largest absolute Gasteiger partial charge is 0.480 e. The van der Waals surface area contributed by atoms with Gasteiger partial charge in [0.15, 0.2) is 5.11 Å². The van der Waals surface area contributed by atoms with E-state index >= 15 is 0 Å². The van der Waals surface area contributed by atoms with E-state index in [1.165, 1.54) is 9.80 Å². The number of thiocarbonyl (C=S) groups is 1. The fraction of sp³-hybridized carbons (Fsp3) is 0.278. The summed E-state index contributed by atoms with van der Waals surface area (Å²) in [6.07, 6.45) is 5.58. The number of carboxylic acid groups (broad SMARTS) is 1. The molecular formula is C18H19N3O3S. The van der Waals surface area contributed by atoms with Gasteiger partial charge in [0, 0.05) is 19.3 Å². The van der Waals surface area contributed by atoms with Crippen LogP contribution in [0.5, 0.6) is 0 Å². The molecule has 2 aliphatic rings. The molecule has 0 radical (unpaired) electrons. The minimum absolute atomic E-state index is 0.183. The monoisotopic (exact) mass is 357 g/mol. The number of hydrogen-bond acceptors (Lipinski definition) is 4. The maximum absolute atomic E-state index is 12.9. The number of anilines is 1. The van der Waals surface area contributed by atoms with Crippen molar-refractivity contribution in [1.82, 2.24) is 9.80 Å². The molecule has 2 saturated heterocycles. The first kappa shape index (κ1) is 17.2. The first-order valence-electron chi connectivity index (χ1n) is 8.04. The Morgan fingerprint density at radius 1 is 1.28 bits per heavy atom. The van der Waals surface area contributed by atoms with E-state index in [0.29, 0.717) is 5.69 Å². The maximum Gasteiger partial charge on any atom is 0.323 e. The van der Waals surface area contributed by atoms with Crippen molar-refractivity contribution in [2.75, 3.05) is 25.0 Å². The molecular weight excluding hydrogens is 338 g/mol. The van der Waals surface area contributed by atoms with Crippen molar-refractivity contribution in [3.63, 3.8) is 0 Å². The Bertz CT molecular complexity index is 773. The average Bonchev–Trinajstić information content (AvgIpc) is 3.08. The Labute approximate surface area is 151 Å².